The zero-order valence-electron chi connectivity index (χ0n) is 14.5. The van der Waals surface area contributed by atoms with Crippen LogP contribution in [0, 0.1) is 12.8 Å². The van der Waals surface area contributed by atoms with Gasteiger partial charge in [0.2, 0.25) is 0 Å². The van der Waals surface area contributed by atoms with Crippen LogP contribution in [0.1, 0.15) is 31.1 Å². The number of hydrogen-bond donors (Lipinski definition) is 1. The first-order chi connectivity index (χ1) is 11.7. The van der Waals surface area contributed by atoms with Crippen molar-refractivity contribution in [2.24, 2.45) is 13.0 Å². The lowest BCUT2D eigenvalue weighted by molar-refractivity contribution is 0.470. The molecular weight excluding hydrogens is 300 g/mol. The molecule has 2 unspecified atom stereocenters. The molecule has 0 amide bonds. The van der Waals surface area contributed by atoms with E-state index in [1.807, 2.05) is 38.1 Å². The lowest BCUT2D eigenvalue weighted by Gasteiger charge is -2.14. The summed E-state index contributed by atoms with van der Waals surface area (Å²) in [5.41, 5.74) is 3.15. The molecule has 0 aromatic carbocycles. The summed E-state index contributed by atoms with van der Waals surface area (Å²) < 4.78 is 4.20. The topological polar surface area (TPSA) is 60.6 Å². The molecule has 3 heterocycles. The van der Waals surface area contributed by atoms with E-state index in [9.17, 15) is 0 Å². The molecule has 126 valence electrons. The first-order valence-electron chi connectivity index (χ1n) is 8.64. The van der Waals surface area contributed by atoms with Crippen molar-refractivity contribution in [2.45, 2.75) is 32.2 Å². The minimum atomic E-state index is 0.512. The van der Waals surface area contributed by atoms with Gasteiger partial charge in [0.1, 0.15) is 11.5 Å². The molecule has 24 heavy (non-hydrogen) atoms. The maximum absolute atomic E-state index is 4.75. The number of nitrogens with zero attached hydrogens (tertiary/aromatic N) is 5. The zero-order chi connectivity index (χ0) is 16.7. The number of fused-ring (bicyclic) bond motifs is 1. The van der Waals surface area contributed by atoms with E-state index in [0.717, 1.165) is 40.6 Å². The second-order valence-corrected chi connectivity index (χ2v) is 6.87. The molecule has 0 aliphatic heterocycles. The summed E-state index contributed by atoms with van der Waals surface area (Å²) in [7, 11) is 3.98. The van der Waals surface area contributed by atoms with Crippen LogP contribution in [0.2, 0.25) is 0 Å². The summed E-state index contributed by atoms with van der Waals surface area (Å²) in [6, 6.07) is 2.56. The van der Waals surface area contributed by atoms with Crippen molar-refractivity contribution in [1.82, 2.24) is 29.6 Å². The Morgan fingerprint density at radius 2 is 2.21 bits per heavy atom. The molecule has 1 fully saturated rings. The summed E-state index contributed by atoms with van der Waals surface area (Å²) >= 11 is 0. The first-order valence-corrected chi connectivity index (χ1v) is 8.64. The van der Waals surface area contributed by atoms with Crippen LogP contribution in [-0.2, 0) is 7.05 Å². The molecule has 3 aromatic heterocycles. The van der Waals surface area contributed by atoms with E-state index < -0.39 is 0 Å². The minimum absolute atomic E-state index is 0.512. The van der Waals surface area contributed by atoms with E-state index >= 15 is 0 Å². The molecule has 1 N–H and O–H groups in total. The van der Waals surface area contributed by atoms with Crippen molar-refractivity contribution in [3.8, 4) is 11.3 Å². The monoisotopic (exact) mass is 324 g/mol. The van der Waals surface area contributed by atoms with Crippen LogP contribution in [0.15, 0.2) is 24.7 Å². The number of nitrogens with one attached hydrogen (secondary N) is 1. The van der Waals surface area contributed by atoms with Crippen LogP contribution in [0.4, 0.5) is 0 Å². The zero-order valence-corrected chi connectivity index (χ0v) is 14.5. The van der Waals surface area contributed by atoms with Gasteiger partial charge in [-0.1, -0.05) is 0 Å². The lowest BCUT2D eigenvalue weighted by atomic mass is 10.1. The summed E-state index contributed by atoms with van der Waals surface area (Å²) in [4.78, 5) is 9.16. The summed E-state index contributed by atoms with van der Waals surface area (Å²) in [6.45, 7) is 3.05. The lowest BCUT2D eigenvalue weighted by Crippen LogP contribution is -2.16. The third-order valence-electron chi connectivity index (χ3n) is 5.08. The SMILES string of the molecule is CNCC1CCC(n2cc(-c3ccn(C)n3)c3cnc(C)nc32)C1. The predicted molar refractivity (Wildman–Crippen MR) is 94.8 cm³/mol. The van der Waals surface area contributed by atoms with Gasteiger partial charge in [-0.3, -0.25) is 4.68 Å². The van der Waals surface area contributed by atoms with Crippen LogP contribution in [-0.4, -0.2) is 37.9 Å². The van der Waals surface area contributed by atoms with Crippen molar-refractivity contribution in [1.29, 1.82) is 0 Å². The molecule has 0 saturated heterocycles. The Labute approximate surface area is 141 Å². The fourth-order valence-corrected chi connectivity index (χ4v) is 3.93. The van der Waals surface area contributed by atoms with Crippen LogP contribution < -0.4 is 5.32 Å². The number of hydrogen-bond acceptors (Lipinski definition) is 4. The minimum Gasteiger partial charge on any atom is -0.329 e. The maximum atomic E-state index is 4.75. The van der Waals surface area contributed by atoms with Crippen molar-refractivity contribution in [3.63, 3.8) is 0 Å². The quantitative estimate of drug-likeness (QED) is 0.801. The molecule has 6 heteroatoms. The molecule has 4 rings (SSSR count). The van der Waals surface area contributed by atoms with Gasteiger partial charge in [-0.05, 0) is 51.8 Å². The Bertz CT molecular complexity index is 862. The summed E-state index contributed by atoms with van der Waals surface area (Å²) in [6.07, 6.45) is 9.84. The number of aromatic nitrogens is 5. The predicted octanol–water partition coefficient (Wildman–Crippen LogP) is 2.70. The van der Waals surface area contributed by atoms with E-state index in [0.29, 0.717) is 6.04 Å². The average Bonchev–Trinajstić information content (AvgIpc) is 3.25. The van der Waals surface area contributed by atoms with Crippen LogP contribution in [0.5, 0.6) is 0 Å². The van der Waals surface area contributed by atoms with E-state index in [4.69, 9.17) is 4.98 Å². The molecule has 6 nitrogen and oxygen atoms in total. The Hall–Kier alpha value is -2.21. The second kappa shape index (κ2) is 6.02. The molecular formula is C18H24N6. The number of aryl methyl sites for hydroxylation is 2. The highest BCUT2D eigenvalue weighted by Gasteiger charge is 2.28. The number of rotatable bonds is 4. The third kappa shape index (κ3) is 2.60. The van der Waals surface area contributed by atoms with Crippen LogP contribution in [0.3, 0.4) is 0 Å². The molecule has 2 atom stereocenters. The first kappa shape index (κ1) is 15.3. The van der Waals surface area contributed by atoms with E-state index in [-0.39, 0.29) is 0 Å². The molecule has 1 saturated carbocycles. The molecule has 0 bridgehead atoms. The molecule has 1 aliphatic carbocycles. The fraction of sp³-hybridized carbons (Fsp3) is 0.500. The molecule has 0 spiro atoms. The average molecular weight is 324 g/mol. The van der Waals surface area contributed by atoms with E-state index in [1.165, 1.54) is 19.3 Å². The van der Waals surface area contributed by atoms with Gasteiger partial charge in [-0.15, -0.1) is 0 Å². The van der Waals surface area contributed by atoms with Gasteiger partial charge in [0.25, 0.3) is 0 Å². The molecule has 3 aromatic rings. The van der Waals surface area contributed by atoms with Gasteiger partial charge in [0.15, 0.2) is 0 Å². The largest absolute Gasteiger partial charge is 0.329 e. The summed E-state index contributed by atoms with van der Waals surface area (Å²) in [5, 5.41) is 8.98. The van der Waals surface area contributed by atoms with Gasteiger partial charge >= 0.3 is 0 Å². The summed E-state index contributed by atoms with van der Waals surface area (Å²) in [5.74, 6) is 1.57. The van der Waals surface area contributed by atoms with Gasteiger partial charge < -0.3 is 9.88 Å². The Balaban J connectivity index is 1.79. The van der Waals surface area contributed by atoms with E-state index in [1.54, 1.807) is 0 Å². The normalized spacial score (nSPS) is 21.0. The van der Waals surface area contributed by atoms with Gasteiger partial charge in [0.05, 0.1) is 5.69 Å². The van der Waals surface area contributed by atoms with Gasteiger partial charge in [-0.2, -0.15) is 5.10 Å². The Morgan fingerprint density at radius 3 is 2.96 bits per heavy atom. The van der Waals surface area contributed by atoms with Crippen molar-refractivity contribution < 1.29 is 0 Å². The molecule has 1 aliphatic rings. The Kier molecular flexibility index (Phi) is 3.84. The smallest absolute Gasteiger partial charge is 0.144 e. The van der Waals surface area contributed by atoms with Crippen molar-refractivity contribution in [2.75, 3.05) is 13.6 Å². The second-order valence-electron chi connectivity index (χ2n) is 6.87. The molecule has 0 radical (unpaired) electrons. The Morgan fingerprint density at radius 1 is 1.33 bits per heavy atom. The fourth-order valence-electron chi connectivity index (χ4n) is 3.93. The van der Waals surface area contributed by atoms with Crippen molar-refractivity contribution >= 4 is 11.0 Å². The third-order valence-corrected chi connectivity index (χ3v) is 5.08. The van der Waals surface area contributed by atoms with Crippen LogP contribution >= 0.6 is 0 Å². The standard InChI is InChI=1S/C18H24N6/c1-12-20-10-15-16(17-6-7-23(3)22-17)11-24(18(15)21-12)14-5-4-13(8-14)9-19-2/h6-7,10-11,13-14,19H,4-5,8-9H2,1-3H3. The van der Waals surface area contributed by atoms with Gasteiger partial charge in [0, 0.05) is 42.6 Å². The van der Waals surface area contributed by atoms with E-state index in [2.05, 4.69) is 32.2 Å². The van der Waals surface area contributed by atoms with Crippen LogP contribution in [0.25, 0.3) is 22.3 Å². The highest BCUT2D eigenvalue weighted by Crippen LogP contribution is 2.38. The van der Waals surface area contributed by atoms with Crippen molar-refractivity contribution in [3.05, 3.63) is 30.5 Å². The highest BCUT2D eigenvalue weighted by atomic mass is 15.2. The van der Waals surface area contributed by atoms with Gasteiger partial charge in [-0.25, -0.2) is 9.97 Å². The highest BCUT2D eigenvalue weighted by molar-refractivity contribution is 5.92. The maximum Gasteiger partial charge on any atom is 0.144 e.